The molecule has 2 heterocycles. The van der Waals surface area contributed by atoms with E-state index < -0.39 is 0 Å². The lowest BCUT2D eigenvalue weighted by Gasteiger charge is -2.49. The van der Waals surface area contributed by atoms with Gasteiger partial charge in [-0.25, -0.2) is 4.39 Å². The minimum Gasteiger partial charge on any atom is -0.497 e. The van der Waals surface area contributed by atoms with E-state index in [-0.39, 0.29) is 23.7 Å². The summed E-state index contributed by atoms with van der Waals surface area (Å²) in [6.45, 7) is 2.25. The van der Waals surface area contributed by atoms with Gasteiger partial charge in [0.05, 0.1) is 31.9 Å². The van der Waals surface area contributed by atoms with Gasteiger partial charge in [-0.1, -0.05) is 18.2 Å². The minimum absolute atomic E-state index is 0.0429. The largest absolute Gasteiger partial charge is 0.497 e. The van der Waals surface area contributed by atoms with Crippen LogP contribution in [0, 0.1) is 11.7 Å². The molecule has 0 aromatic heterocycles. The SMILES string of the molecule is COc1ccc2c(c1)N1CCN(c3ccccc3OC)C[C@@H]1[C@H](C(=O)Nc1ccc(F)cc1)C2. The number of piperazine rings is 1. The summed E-state index contributed by atoms with van der Waals surface area (Å²) >= 11 is 0. The van der Waals surface area contributed by atoms with Gasteiger partial charge >= 0.3 is 0 Å². The average Bonchev–Trinajstić information content (AvgIpc) is 2.88. The first-order valence-electron chi connectivity index (χ1n) is 11.5. The Labute approximate surface area is 198 Å². The number of methoxy groups -OCH3 is 2. The van der Waals surface area contributed by atoms with Gasteiger partial charge in [-0.2, -0.15) is 0 Å². The molecular weight excluding hydrogens is 433 g/mol. The molecule has 0 spiro atoms. The number of nitrogens with zero attached hydrogens (tertiary/aromatic N) is 2. The normalized spacial score (nSPS) is 19.1. The number of hydrogen-bond acceptors (Lipinski definition) is 5. The van der Waals surface area contributed by atoms with Gasteiger partial charge in [0.15, 0.2) is 0 Å². The first-order chi connectivity index (χ1) is 16.6. The fraction of sp³-hybridized carbons (Fsp3) is 0.296. The number of benzene rings is 3. The molecule has 34 heavy (non-hydrogen) atoms. The second-order valence-electron chi connectivity index (χ2n) is 8.68. The van der Waals surface area contributed by atoms with E-state index in [0.717, 1.165) is 41.5 Å². The zero-order valence-electron chi connectivity index (χ0n) is 19.3. The molecule has 176 valence electrons. The summed E-state index contributed by atoms with van der Waals surface area (Å²) in [5.41, 5.74) is 3.87. The van der Waals surface area contributed by atoms with Crippen LogP contribution < -0.4 is 24.6 Å². The van der Waals surface area contributed by atoms with Crippen LogP contribution in [0.3, 0.4) is 0 Å². The van der Waals surface area contributed by atoms with Crippen LogP contribution in [-0.2, 0) is 11.2 Å². The number of rotatable bonds is 5. The maximum Gasteiger partial charge on any atom is 0.229 e. The minimum atomic E-state index is -0.329. The lowest BCUT2D eigenvalue weighted by Crippen LogP contribution is -2.60. The summed E-state index contributed by atoms with van der Waals surface area (Å²) in [5, 5.41) is 3.00. The van der Waals surface area contributed by atoms with Crippen LogP contribution in [0.1, 0.15) is 5.56 Å². The van der Waals surface area contributed by atoms with Crippen LogP contribution in [0.4, 0.5) is 21.5 Å². The molecule has 0 saturated carbocycles. The van der Waals surface area contributed by atoms with Crippen LogP contribution in [0.5, 0.6) is 11.5 Å². The molecule has 2 aliphatic heterocycles. The highest BCUT2D eigenvalue weighted by atomic mass is 19.1. The van der Waals surface area contributed by atoms with Crippen molar-refractivity contribution in [3.05, 3.63) is 78.1 Å². The predicted molar refractivity (Wildman–Crippen MR) is 132 cm³/mol. The van der Waals surface area contributed by atoms with Crippen LogP contribution in [-0.4, -0.2) is 45.8 Å². The number of carbonyl (C=O) groups is 1. The smallest absolute Gasteiger partial charge is 0.229 e. The molecule has 0 radical (unpaired) electrons. The molecule has 1 N–H and O–H groups in total. The summed E-state index contributed by atoms with van der Waals surface area (Å²) in [7, 11) is 3.34. The van der Waals surface area contributed by atoms with Gasteiger partial charge in [0, 0.05) is 37.1 Å². The number of fused-ring (bicyclic) bond motifs is 3. The second-order valence-corrected chi connectivity index (χ2v) is 8.68. The fourth-order valence-corrected chi connectivity index (χ4v) is 5.08. The maximum absolute atomic E-state index is 13.5. The van der Waals surface area contributed by atoms with E-state index in [1.54, 1.807) is 26.4 Å². The van der Waals surface area contributed by atoms with E-state index in [0.29, 0.717) is 18.7 Å². The van der Waals surface area contributed by atoms with Gasteiger partial charge in [0.25, 0.3) is 0 Å². The van der Waals surface area contributed by atoms with Gasteiger partial charge in [0.2, 0.25) is 5.91 Å². The number of anilines is 3. The van der Waals surface area contributed by atoms with E-state index in [9.17, 15) is 9.18 Å². The molecule has 1 amide bonds. The van der Waals surface area contributed by atoms with Crippen LogP contribution in [0.25, 0.3) is 0 Å². The Balaban J connectivity index is 1.48. The molecule has 3 aromatic rings. The Kier molecular flexibility index (Phi) is 6.01. The molecule has 0 aliphatic carbocycles. The summed E-state index contributed by atoms with van der Waals surface area (Å²) in [4.78, 5) is 18.1. The van der Waals surface area contributed by atoms with E-state index in [4.69, 9.17) is 9.47 Å². The quantitative estimate of drug-likeness (QED) is 0.612. The number of ether oxygens (including phenoxy) is 2. The predicted octanol–water partition coefficient (Wildman–Crippen LogP) is 4.35. The van der Waals surface area contributed by atoms with Crippen molar-refractivity contribution < 1.29 is 18.7 Å². The third-order valence-corrected chi connectivity index (χ3v) is 6.80. The van der Waals surface area contributed by atoms with Gasteiger partial charge in [-0.3, -0.25) is 4.79 Å². The maximum atomic E-state index is 13.5. The van der Waals surface area contributed by atoms with Crippen molar-refractivity contribution >= 4 is 23.0 Å². The summed E-state index contributed by atoms with van der Waals surface area (Å²) in [6.07, 6.45) is 0.618. The van der Waals surface area contributed by atoms with Crippen LogP contribution in [0.15, 0.2) is 66.7 Å². The number of para-hydroxylation sites is 2. The lowest BCUT2D eigenvalue weighted by molar-refractivity contribution is -0.120. The fourth-order valence-electron chi connectivity index (χ4n) is 5.08. The number of amides is 1. The van der Waals surface area contributed by atoms with E-state index in [1.807, 2.05) is 24.3 Å². The average molecular weight is 462 g/mol. The molecule has 6 nitrogen and oxygen atoms in total. The Morgan fingerprint density at radius 3 is 2.53 bits per heavy atom. The molecule has 1 fully saturated rings. The first kappa shape index (κ1) is 22.1. The highest BCUT2D eigenvalue weighted by Crippen LogP contribution is 2.40. The zero-order chi connectivity index (χ0) is 23.7. The Bertz CT molecular complexity index is 1180. The number of carbonyl (C=O) groups excluding carboxylic acids is 1. The molecular formula is C27H28FN3O3. The van der Waals surface area contributed by atoms with Crippen molar-refractivity contribution in [2.45, 2.75) is 12.5 Å². The molecule has 2 aliphatic rings. The van der Waals surface area contributed by atoms with Gasteiger partial charge in [-0.05, 0) is 54.4 Å². The van der Waals surface area contributed by atoms with E-state index in [2.05, 4.69) is 33.3 Å². The van der Waals surface area contributed by atoms with Crippen molar-refractivity contribution in [1.29, 1.82) is 0 Å². The number of halogens is 1. The number of nitrogens with one attached hydrogen (secondary N) is 1. The van der Waals surface area contributed by atoms with Gasteiger partial charge in [-0.15, -0.1) is 0 Å². The molecule has 1 saturated heterocycles. The Morgan fingerprint density at radius 1 is 0.971 bits per heavy atom. The zero-order valence-corrected chi connectivity index (χ0v) is 19.3. The molecule has 5 rings (SSSR count). The van der Waals surface area contributed by atoms with Crippen LogP contribution >= 0.6 is 0 Å². The van der Waals surface area contributed by atoms with Crippen molar-refractivity contribution in [1.82, 2.24) is 0 Å². The molecule has 3 aromatic carbocycles. The monoisotopic (exact) mass is 461 g/mol. The topological polar surface area (TPSA) is 54.0 Å². The molecule has 0 bridgehead atoms. The third kappa shape index (κ3) is 4.14. The van der Waals surface area contributed by atoms with E-state index >= 15 is 0 Å². The summed E-state index contributed by atoms with van der Waals surface area (Å²) < 4.78 is 24.4. The van der Waals surface area contributed by atoms with Crippen molar-refractivity contribution in [2.75, 3.05) is 49.0 Å². The Morgan fingerprint density at radius 2 is 1.76 bits per heavy atom. The summed E-state index contributed by atoms with van der Waals surface area (Å²) in [5.74, 6) is 0.956. The van der Waals surface area contributed by atoms with Crippen molar-refractivity contribution in [3.63, 3.8) is 0 Å². The molecule has 2 atom stereocenters. The van der Waals surface area contributed by atoms with Gasteiger partial charge < -0.3 is 24.6 Å². The summed E-state index contributed by atoms with van der Waals surface area (Å²) in [6, 6.07) is 19.9. The standard InChI is InChI=1S/C27H28FN3O3/c1-33-21-12-7-18-15-22(27(32)29-20-10-8-19(28)9-11-20)25-17-30(13-14-31(25)24(18)16-21)23-5-3-4-6-26(23)34-2/h3-12,16,22,25H,13-15,17H2,1-2H3,(H,29,32)/t22-,25-/m1/s1. The highest BCUT2D eigenvalue weighted by Gasteiger charge is 2.42. The van der Waals surface area contributed by atoms with Crippen molar-refractivity contribution in [2.24, 2.45) is 5.92 Å². The van der Waals surface area contributed by atoms with Crippen LogP contribution in [0.2, 0.25) is 0 Å². The Hall–Kier alpha value is -3.74. The van der Waals surface area contributed by atoms with E-state index in [1.165, 1.54) is 12.1 Å². The van der Waals surface area contributed by atoms with Gasteiger partial charge in [0.1, 0.15) is 17.3 Å². The third-order valence-electron chi connectivity index (χ3n) is 6.80. The lowest BCUT2D eigenvalue weighted by atomic mass is 9.83. The second kappa shape index (κ2) is 9.25. The van der Waals surface area contributed by atoms with Crippen molar-refractivity contribution in [3.8, 4) is 11.5 Å². The molecule has 0 unspecified atom stereocenters. The molecule has 7 heteroatoms. The number of hydrogen-bond donors (Lipinski definition) is 1. The first-order valence-corrected chi connectivity index (χ1v) is 11.5. The highest BCUT2D eigenvalue weighted by molar-refractivity contribution is 5.94.